The molecule has 3 nitrogen and oxygen atoms in total. The first kappa shape index (κ1) is 25.4. The van der Waals surface area contributed by atoms with Crippen molar-refractivity contribution in [2.24, 2.45) is 0 Å². The second-order valence-electron chi connectivity index (χ2n) is 8.58. The van der Waals surface area contributed by atoms with Crippen LogP contribution >= 0.6 is 9.53 Å². The molecule has 158 valence electrons. The molecule has 28 heavy (non-hydrogen) atoms. The van der Waals surface area contributed by atoms with E-state index in [4.69, 9.17) is 4.74 Å². The SMILES string of the molecule is CN(C)Cc1[c-]c(CN(C)C)cc(OCc2cccc([Si](C)(C)C)c2)c1.[Cl][Pd+]. The fourth-order valence-electron chi connectivity index (χ4n) is 2.89. The predicted octanol–water partition coefficient (Wildman–Crippen LogP) is 4.42. The molecule has 0 heterocycles. The van der Waals surface area contributed by atoms with E-state index < -0.39 is 8.07 Å². The van der Waals surface area contributed by atoms with Crippen molar-refractivity contribution in [1.29, 1.82) is 0 Å². The third-order valence-electron chi connectivity index (χ3n) is 4.13. The third kappa shape index (κ3) is 9.22. The Bertz CT molecular complexity index is 704. The van der Waals surface area contributed by atoms with E-state index in [9.17, 15) is 0 Å². The zero-order valence-corrected chi connectivity index (χ0v) is 21.4. The Hall–Kier alpha value is -0.671. The van der Waals surface area contributed by atoms with E-state index in [-0.39, 0.29) is 0 Å². The quantitative estimate of drug-likeness (QED) is 0.386. The van der Waals surface area contributed by atoms with Gasteiger partial charge in [0.2, 0.25) is 0 Å². The van der Waals surface area contributed by atoms with Crippen LogP contribution in [0.25, 0.3) is 0 Å². The molecule has 0 radical (unpaired) electrons. The van der Waals surface area contributed by atoms with Gasteiger partial charge in [-0.25, -0.2) is 0 Å². The predicted molar refractivity (Wildman–Crippen MR) is 120 cm³/mol. The summed E-state index contributed by atoms with van der Waals surface area (Å²) in [6.07, 6.45) is 0. The molecule has 0 aliphatic rings. The van der Waals surface area contributed by atoms with Gasteiger partial charge < -0.3 is 14.5 Å². The van der Waals surface area contributed by atoms with E-state index in [0.29, 0.717) is 6.61 Å². The molecule has 0 amide bonds. The van der Waals surface area contributed by atoms with Crippen molar-refractivity contribution in [2.45, 2.75) is 39.3 Å². The second kappa shape index (κ2) is 12.1. The van der Waals surface area contributed by atoms with Crippen LogP contribution in [-0.4, -0.2) is 46.1 Å². The number of hydrogen-bond donors (Lipinski definition) is 0. The molecule has 0 spiro atoms. The average Bonchev–Trinajstić information content (AvgIpc) is 2.60. The molecule has 0 saturated carbocycles. The van der Waals surface area contributed by atoms with Crippen molar-refractivity contribution in [2.75, 3.05) is 28.2 Å². The Morgan fingerprint density at radius 3 is 1.93 bits per heavy atom. The van der Waals surface area contributed by atoms with E-state index in [0.717, 1.165) is 18.8 Å². The number of hydrogen-bond acceptors (Lipinski definition) is 3. The molecule has 2 aromatic rings. The van der Waals surface area contributed by atoms with Crippen molar-refractivity contribution in [3.63, 3.8) is 0 Å². The Morgan fingerprint density at radius 1 is 0.929 bits per heavy atom. The van der Waals surface area contributed by atoms with Gasteiger partial charge in [-0.3, -0.25) is 0 Å². The van der Waals surface area contributed by atoms with Gasteiger partial charge in [0.1, 0.15) is 6.61 Å². The summed E-state index contributed by atoms with van der Waals surface area (Å²) in [6.45, 7) is 9.46. The Balaban J connectivity index is 0.00000190. The van der Waals surface area contributed by atoms with E-state index in [1.165, 1.54) is 21.9 Å². The Labute approximate surface area is 187 Å². The number of halogens is 1. The molecule has 0 aromatic heterocycles. The zero-order valence-electron chi connectivity index (χ0n) is 18.1. The monoisotopic (exact) mass is 510 g/mol. The summed E-state index contributed by atoms with van der Waals surface area (Å²) in [6, 6.07) is 16.6. The molecular weight excluding hydrogens is 478 g/mol. The van der Waals surface area contributed by atoms with E-state index >= 15 is 0 Å². The van der Waals surface area contributed by atoms with Crippen molar-refractivity contribution >= 4 is 22.8 Å². The van der Waals surface area contributed by atoms with Gasteiger partial charge in [0.05, 0.1) is 8.07 Å². The molecular formula is C22H33ClN2OPdSi. The minimum absolute atomic E-state index is 0.602. The molecule has 0 aliphatic carbocycles. The summed E-state index contributed by atoms with van der Waals surface area (Å²) in [5.74, 6) is 0.927. The summed E-state index contributed by atoms with van der Waals surface area (Å²) >= 11 is 2.22. The number of nitrogens with zero attached hydrogens (tertiary/aromatic N) is 2. The van der Waals surface area contributed by atoms with Crippen molar-refractivity contribution in [3.8, 4) is 5.75 Å². The van der Waals surface area contributed by atoms with Gasteiger partial charge in [0, 0.05) is 18.8 Å². The topological polar surface area (TPSA) is 15.7 Å². The number of rotatable bonds is 8. The van der Waals surface area contributed by atoms with Gasteiger partial charge in [-0.15, -0.1) is 23.3 Å². The van der Waals surface area contributed by atoms with E-state index in [1.54, 1.807) is 0 Å². The molecule has 0 unspecified atom stereocenters. The minimum atomic E-state index is -1.30. The number of ether oxygens (including phenoxy) is 1. The van der Waals surface area contributed by atoms with Gasteiger partial charge in [-0.1, -0.05) is 49.1 Å². The van der Waals surface area contributed by atoms with Crippen molar-refractivity contribution in [1.82, 2.24) is 9.80 Å². The standard InChI is InChI=1S/C22H33N2OSi.ClH.Pd/c1-23(2)15-19-11-20(16-24(3)4)13-21(12-19)25-17-18-9-8-10-22(14-18)26(5,6)7;;/h8-10,12-14H,15-17H2,1-7H3;1H;/q-1;;+2/p-1. The first-order valence-electron chi connectivity index (χ1n) is 9.32. The molecule has 0 saturated heterocycles. The first-order chi connectivity index (χ1) is 13.1. The Kier molecular flexibility index (Phi) is 11.0. The summed E-state index contributed by atoms with van der Waals surface area (Å²) in [5, 5.41) is 1.47. The van der Waals surface area contributed by atoms with Gasteiger partial charge in [-0.05, 0) is 33.8 Å². The fourth-order valence-corrected chi connectivity index (χ4v) is 4.11. The molecule has 0 aliphatic heterocycles. The van der Waals surface area contributed by atoms with E-state index in [1.807, 2.05) is 0 Å². The molecule has 2 rings (SSSR count). The maximum atomic E-state index is 6.16. The summed E-state index contributed by atoms with van der Waals surface area (Å²) in [5.41, 5.74) is 3.57. The summed E-state index contributed by atoms with van der Waals surface area (Å²) in [4.78, 5) is 4.32. The first-order valence-corrected chi connectivity index (χ1v) is 14.8. The van der Waals surface area contributed by atoms with Crippen LogP contribution in [0.1, 0.15) is 16.7 Å². The maximum absolute atomic E-state index is 6.16. The normalized spacial score (nSPS) is 11.4. The molecule has 0 bridgehead atoms. The van der Waals surface area contributed by atoms with Crippen LogP contribution in [0.3, 0.4) is 0 Å². The molecule has 0 N–H and O–H groups in total. The summed E-state index contributed by atoms with van der Waals surface area (Å²) in [7, 11) is 11.5. The van der Waals surface area contributed by atoms with Crippen LogP contribution in [0.5, 0.6) is 5.75 Å². The van der Waals surface area contributed by atoms with Crippen LogP contribution in [0, 0.1) is 6.07 Å². The van der Waals surface area contributed by atoms with Crippen molar-refractivity contribution in [3.05, 3.63) is 59.2 Å². The van der Waals surface area contributed by atoms with Crippen LogP contribution in [0.4, 0.5) is 0 Å². The molecule has 6 heteroatoms. The van der Waals surface area contributed by atoms with Gasteiger partial charge >= 0.3 is 27.7 Å². The number of benzene rings is 2. The van der Waals surface area contributed by atoms with Crippen molar-refractivity contribution < 1.29 is 22.9 Å². The van der Waals surface area contributed by atoms with Gasteiger partial charge in [-0.2, -0.15) is 6.07 Å². The molecule has 0 fully saturated rings. The van der Waals surface area contributed by atoms with Crippen LogP contribution < -0.4 is 9.92 Å². The zero-order chi connectivity index (χ0) is 21.3. The van der Waals surface area contributed by atoms with Gasteiger partial charge in [0.25, 0.3) is 0 Å². The van der Waals surface area contributed by atoms with Crippen LogP contribution in [0.15, 0.2) is 36.4 Å². The second-order valence-corrected chi connectivity index (χ2v) is 13.7. The molecule has 0 atom stereocenters. The van der Waals surface area contributed by atoms with Crippen LogP contribution in [-0.2, 0) is 37.9 Å². The molecule has 2 aromatic carbocycles. The van der Waals surface area contributed by atoms with E-state index in [2.05, 4.69) is 128 Å². The summed E-state index contributed by atoms with van der Waals surface area (Å²) < 4.78 is 6.16. The average molecular weight is 511 g/mol. The van der Waals surface area contributed by atoms with Gasteiger partial charge in [0.15, 0.2) is 0 Å². The fraction of sp³-hybridized carbons (Fsp3) is 0.455. The Morgan fingerprint density at radius 2 is 1.46 bits per heavy atom. The third-order valence-corrected chi connectivity index (χ3v) is 6.17. The van der Waals surface area contributed by atoms with Crippen LogP contribution in [0.2, 0.25) is 19.6 Å².